The maximum Gasteiger partial charge on any atom is 0.255 e. The van der Waals surface area contributed by atoms with Gasteiger partial charge in [0.15, 0.2) is 0 Å². The molecule has 0 aromatic heterocycles. The second kappa shape index (κ2) is 6.44. The lowest BCUT2D eigenvalue weighted by atomic mass is 9.99. The lowest BCUT2D eigenvalue weighted by Gasteiger charge is -2.35. The molecule has 8 heteroatoms. The van der Waals surface area contributed by atoms with Crippen molar-refractivity contribution in [3.05, 3.63) is 34.9 Å². The molecule has 7 nitrogen and oxygen atoms in total. The van der Waals surface area contributed by atoms with E-state index in [2.05, 4.69) is 16.0 Å². The van der Waals surface area contributed by atoms with Gasteiger partial charge in [-0.1, -0.05) is 12.1 Å². The number of carbonyl (C=O) groups is 3. The summed E-state index contributed by atoms with van der Waals surface area (Å²) in [5.41, 5.74) is 1.25. The number of halogens is 1. The molecule has 138 valence electrons. The van der Waals surface area contributed by atoms with E-state index in [9.17, 15) is 18.8 Å². The minimum Gasteiger partial charge on any atom is -0.322 e. The molecule has 26 heavy (non-hydrogen) atoms. The van der Waals surface area contributed by atoms with Crippen molar-refractivity contribution in [3.8, 4) is 0 Å². The van der Waals surface area contributed by atoms with Gasteiger partial charge in [-0.2, -0.15) is 0 Å². The Balaban J connectivity index is 1.41. The maximum absolute atomic E-state index is 14.0. The second-order valence-electron chi connectivity index (χ2n) is 7.25. The summed E-state index contributed by atoms with van der Waals surface area (Å²) in [6, 6.07) is 4.93. The van der Waals surface area contributed by atoms with Crippen molar-refractivity contribution in [3.63, 3.8) is 0 Å². The number of carbonyl (C=O) groups excluding carboxylic acids is 3. The van der Waals surface area contributed by atoms with Crippen molar-refractivity contribution in [2.75, 3.05) is 19.6 Å². The van der Waals surface area contributed by atoms with Gasteiger partial charge >= 0.3 is 0 Å². The third-order valence-electron chi connectivity index (χ3n) is 5.24. The number of benzene rings is 1. The Labute approximate surface area is 150 Å². The van der Waals surface area contributed by atoms with E-state index in [-0.39, 0.29) is 18.2 Å². The molecule has 0 saturated carbocycles. The molecule has 3 heterocycles. The lowest BCUT2D eigenvalue weighted by molar-refractivity contribution is -0.136. The number of piperidine rings is 1. The first-order valence-corrected chi connectivity index (χ1v) is 8.82. The first-order valence-electron chi connectivity index (χ1n) is 8.82. The monoisotopic (exact) mass is 360 g/mol. The largest absolute Gasteiger partial charge is 0.322 e. The van der Waals surface area contributed by atoms with E-state index in [4.69, 9.17) is 0 Å². The van der Waals surface area contributed by atoms with Crippen LogP contribution in [0.5, 0.6) is 0 Å². The molecule has 2 saturated heterocycles. The van der Waals surface area contributed by atoms with Gasteiger partial charge in [0.25, 0.3) is 5.91 Å². The summed E-state index contributed by atoms with van der Waals surface area (Å²) < 4.78 is 14.0. The van der Waals surface area contributed by atoms with E-state index < -0.39 is 17.6 Å². The van der Waals surface area contributed by atoms with E-state index in [1.165, 1.54) is 4.90 Å². The van der Waals surface area contributed by atoms with E-state index in [0.717, 1.165) is 11.1 Å². The number of rotatable bonds is 5. The van der Waals surface area contributed by atoms with Gasteiger partial charge in [0.1, 0.15) is 11.7 Å². The first kappa shape index (κ1) is 17.1. The molecule has 0 spiro atoms. The average molecular weight is 360 g/mol. The van der Waals surface area contributed by atoms with Crippen LogP contribution in [-0.2, 0) is 22.7 Å². The normalized spacial score (nSPS) is 24.3. The minimum atomic E-state index is -1.17. The zero-order valence-electron chi connectivity index (χ0n) is 14.3. The van der Waals surface area contributed by atoms with Crippen LogP contribution in [0.2, 0.25) is 0 Å². The first-order chi connectivity index (χ1) is 12.5. The van der Waals surface area contributed by atoms with E-state index in [1.807, 2.05) is 12.1 Å². The van der Waals surface area contributed by atoms with Crippen LogP contribution in [0, 0.1) is 0 Å². The van der Waals surface area contributed by atoms with Crippen molar-refractivity contribution in [2.24, 2.45) is 0 Å². The number of imide groups is 1. The Morgan fingerprint density at radius 3 is 2.77 bits per heavy atom. The maximum atomic E-state index is 14.0. The van der Waals surface area contributed by atoms with Gasteiger partial charge in [-0.25, -0.2) is 4.39 Å². The molecule has 1 aromatic rings. The molecule has 2 fully saturated rings. The molecular formula is C18H21FN4O3. The predicted octanol–water partition coefficient (Wildman–Crippen LogP) is -0.151. The summed E-state index contributed by atoms with van der Waals surface area (Å²) in [4.78, 5) is 37.5. The topological polar surface area (TPSA) is 90.5 Å². The number of hydrogen-bond acceptors (Lipinski definition) is 5. The highest BCUT2D eigenvalue weighted by molar-refractivity contribution is 6.05. The molecule has 0 aliphatic carbocycles. The number of alkyl halides is 1. The molecule has 1 atom stereocenters. The highest BCUT2D eigenvalue weighted by atomic mass is 19.1. The summed E-state index contributed by atoms with van der Waals surface area (Å²) >= 11 is 0. The number of amides is 3. The Bertz CT molecular complexity index is 778. The van der Waals surface area contributed by atoms with Crippen LogP contribution in [0.3, 0.4) is 0 Å². The third kappa shape index (κ3) is 3.10. The number of fused-ring (bicyclic) bond motifs is 1. The highest BCUT2D eigenvalue weighted by Crippen LogP contribution is 2.28. The van der Waals surface area contributed by atoms with Crippen molar-refractivity contribution in [1.82, 2.24) is 20.9 Å². The van der Waals surface area contributed by atoms with Crippen molar-refractivity contribution < 1.29 is 18.8 Å². The summed E-state index contributed by atoms with van der Waals surface area (Å²) in [7, 11) is 0. The fraction of sp³-hybridized carbons (Fsp3) is 0.500. The number of nitrogens with zero attached hydrogens (tertiary/aromatic N) is 1. The number of hydrogen-bond donors (Lipinski definition) is 3. The fourth-order valence-corrected chi connectivity index (χ4v) is 3.69. The average Bonchev–Trinajstić information content (AvgIpc) is 2.89. The van der Waals surface area contributed by atoms with Crippen molar-refractivity contribution in [2.45, 2.75) is 37.6 Å². The Morgan fingerprint density at radius 2 is 2.08 bits per heavy atom. The van der Waals surface area contributed by atoms with Gasteiger partial charge in [-0.15, -0.1) is 0 Å². The van der Waals surface area contributed by atoms with Crippen LogP contribution in [-0.4, -0.2) is 54.0 Å². The molecule has 1 unspecified atom stereocenters. The summed E-state index contributed by atoms with van der Waals surface area (Å²) in [5, 5.41) is 8.33. The Morgan fingerprint density at radius 1 is 1.27 bits per heavy atom. The standard InChI is InChI=1S/C18H21FN4O3/c19-18(9-21-10-18)8-20-6-11-1-2-13-12(5-11)7-23(17(13)26)14-3-4-15(24)22-16(14)25/h1-2,5,14,20-21H,3-4,6-10H2,(H,22,24,25). The van der Waals surface area contributed by atoms with Gasteiger partial charge < -0.3 is 15.5 Å². The van der Waals surface area contributed by atoms with Crippen LogP contribution >= 0.6 is 0 Å². The van der Waals surface area contributed by atoms with E-state index in [1.54, 1.807) is 6.07 Å². The SMILES string of the molecule is O=C1CCC(N2Cc3cc(CNCC4(F)CNC4)ccc3C2=O)C(=O)N1. The fourth-order valence-electron chi connectivity index (χ4n) is 3.69. The lowest BCUT2D eigenvalue weighted by Crippen LogP contribution is -2.61. The molecule has 3 N–H and O–H groups in total. The summed E-state index contributed by atoms with van der Waals surface area (Å²) in [6.45, 7) is 1.91. The van der Waals surface area contributed by atoms with Crippen molar-refractivity contribution in [1.29, 1.82) is 0 Å². The molecule has 4 rings (SSSR count). The number of nitrogens with one attached hydrogen (secondary N) is 3. The zero-order valence-corrected chi connectivity index (χ0v) is 14.3. The van der Waals surface area contributed by atoms with E-state index in [0.29, 0.717) is 44.7 Å². The second-order valence-corrected chi connectivity index (χ2v) is 7.25. The molecule has 3 aliphatic rings. The zero-order chi connectivity index (χ0) is 18.3. The van der Waals surface area contributed by atoms with Gasteiger partial charge in [0.2, 0.25) is 11.8 Å². The van der Waals surface area contributed by atoms with Gasteiger partial charge in [0.05, 0.1) is 0 Å². The van der Waals surface area contributed by atoms with Crippen LogP contribution in [0.1, 0.15) is 34.3 Å². The molecule has 1 aromatic carbocycles. The molecular weight excluding hydrogens is 339 g/mol. The predicted molar refractivity (Wildman–Crippen MR) is 90.9 cm³/mol. The Hall–Kier alpha value is -2.32. The van der Waals surface area contributed by atoms with Crippen molar-refractivity contribution >= 4 is 17.7 Å². The van der Waals surface area contributed by atoms with Crippen LogP contribution < -0.4 is 16.0 Å². The van der Waals surface area contributed by atoms with Gasteiger partial charge in [-0.3, -0.25) is 19.7 Å². The minimum absolute atomic E-state index is 0.183. The highest BCUT2D eigenvalue weighted by Gasteiger charge is 2.39. The third-order valence-corrected chi connectivity index (χ3v) is 5.24. The smallest absolute Gasteiger partial charge is 0.255 e. The summed E-state index contributed by atoms with van der Waals surface area (Å²) in [6.07, 6.45) is 0.594. The quantitative estimate of drug-likeness (QED) is 0.636. The van der Waals surface area contributed by atoms with E-state index >= 15 is 0 Å². The molecule has 3 amide bonds. The molecule has 0 radical (unpaired) electrons. The van der Waals surface area contributed by atoms with Crippen LogP contribution in [0.4, 0.5) is 4.39 Å². The van der Waals surface area contributed by atoms with Crippen LogP contribution in [0.15, 0.2) is 18.2 Å². The Kier molecular flexibility index (Phi) is 4.24. The summed E-state index contributed by atoms with van der Waals surface area (Å²) in [5.74, 6) is -0.889. The molecule has 0 bridgehead atoms. The van der Waals surface area contributed by atoms with Gasteiger partial charge in [-0.05, 0) is 23.6 Å². The van der Waals surface area contributed by atoms with Crippen LogP contribution in [0.25, 0.3) is 0 Å². The molecule has 3 aliphatic heterocycles. The van der Waals surface area contributed by atoms with Gasteiger partial charge in [0, 0.05) is 44.7 Å².